The number of carbonyl (C=O) groups is 1. The Morgan fingerprint density at radius 3 is 3.20 bits per heavy atom. The monoisotopic (exact) mass is 370 g/mol. The first-order chi connectivity index (χ1) is 12.2. The first-order valence-electron chi connectivity index (χ1n) is 7.81. The first kappa shape index (κ1) is 15.9. The highest BCUT2D eigenvalue weighted by Crippen LogP contribution is 2.32. The van der Waals surface area contributed by atoms with Gasteiger partial charge in [0.05, 0.1) is 11.1 Å². The van der Waals surface area contributed by atoms with Gasteiger partial charge in [-0.15, -0.1) is 11.3 Å². The molecule has 0 radical (unpaired) electrons. The van der Waals surface area contributed by atoms with Crippen LogP contribution in [0.15, 0.2) is 17.8 Å². The molecule has 0 spiro atoms. The Hall–Kier alpha value is -2.57. The van der Waals surface area contributed by atoms with Crippen molar-refractivity contribution in [3.63, 3.8) is 0 Å². The second-order valence-electron chi connectivity index (χ2n) is 5.76. The molecule has 0 aromatic carbocycles. The number of rotatable bonds is 3. The number of carbonyl (C=O) groups excluding carboxylic acids is 1. The summed E-state index contributed by atoms with van der Waals surface area (Å²) in [6, 6.07) is 3.78. The SMILES string of the molecule is Cc1nsc(NC(=O)C2CCCN2c2ncnc3sccc23)c1C#N. The average molecular weight is 370 g/mol. The first-order valence-corrected chi connectivity index (χ1v) is 9.46. The summed E-state index contributed by atoms with van der Waals surface area (Å²) in [6.45, 7) is 2.54. The lowest BCUT2D eigenvalue weighted by Crippen LogP contribution is -2.40. The average Bonchev–Trinajstić information content (AvgIpc) is 3.33. The third kappa shape index (κ3) is 2.73. The number of aromatic nitrogens is 3. The van der Waals surface area contributed by atoms with Crippen molar-refractivity contribution in [3.8, 4) is 6.07 Å². The van der Waals surface area contributed by atoms with Gasteiger partial charge in [0.2, 0.25) is 5.91 Å². The van der Waals surface area contributed by atoms with Crippen LogP contribution in [-0.2, 0) is 4.79 Å². The van der Waals surface area contributed by atoms with Gasteiger partial charge in [-0.2, -0.15) is 9.64 Å². The Kier molecular flexibility index (Phi) is 4.07. The van der Waals surface area contributed by atoms with Crippen LogP contribution < -0.4 is 10.2 Å². The number of nitriles is 1. The molecule has 1 aliphatic rings. The van der Waals surface area contributed by atoms with E-state index in [0.717, 1.165) is 47.0 Å². The van der Waals surface area contributed by atoms with Gasteiger partial charge in [-0.05, 0) is 42.7 Å². The lowest BCUT2D eigenvalue weighted by molar-refractivity contribution is -0.117. The number of amides is 1. The van der Waals surface area contributed by atoms with Gasteiger partial charge in [0.1, 0.15) is 39.7 Å². The highest BCUT2D eigenvalue weighted by Gasteiger charge is 2.33. The molecule has 1 atom stereocenters. The Morgan fingerprint density at radius 1 is 1.48 bits per heavy atom. The molecule has 1 amide bonds. The zero-order chi connectivity index (χ0) is 17.4. The molecule has 4 rings (SSSR count). The quantitative estimate of drug-likeness (QED) is 0.762. The number of aryl methyl sites for hydroxylation is 1. The molecular weight excluding hydrogens is 356 g/mol. The second-order valence-corrected chi connectivity index (χ2v) is 7.43. The molecule has 3 aromatic heterocycles. The highest BCUT2D eigenvalue weighted by molar-refractivity contribution is 7.16. The van der Waals surface area contributed by atoms with Crippen LogP contribution in [0.25, 0.3) is 10.2 Å². The van der Waals surface area contributed by atoms with E-state index < -0.39 is 0 Å². The van der Waals surface area contributed by atoms with Crippen LogP contribution in [0.5, 0.6) is 0 Å². The molecule has 1 aliphatic heterocycles. The highest BCUT2D eigenvalue weighted by atomic mass is 32.1. The third-order valence-corrected chi connectivity index (χ3v) is 5.95. The zero-order valence-electron chi connectivity index (χ0n) is 13.4. The summed E-state index contributed by atoms with van der Waals surface area (Å²) in [4.78, 5) is 24.5. The maximum atomic E-state index is 12.8. The standard InChI is InChI=1S/C16H14N6OS2/c1-9-11(7-17)16(25-21-9)20-14(23)12-3-2-5-22(12)13-10-4-6-24-15(10)19-8-18-13/h4,6,8,12H,2-3,5H2,1H3,(H,20,23). The molecule has 1 unspecified atom stereocenters. The Balaban J connectivity index is 1.62. The van der Waals surface area contributed by atoms with E-state index in [9.17, 15) is 10.1 Å². The largest absolute Gasteiger partial charge is 0.344 e. The van der Waals surface area contributed by atoms with E-state index in [1.807, 2.05) is 16.3 Å². The van der Waals surface area contributed by atoms with Crippen LogP contribution in [-0.4, -0.2) is 32.8 Å². The minimum absolute atomic E-state index is 0.125. The van der Waals surface area contributed by atoms with Gasteiger partial charge in [0.15, 0.2) is 0 Å². The molecule has 3 aromatic rings. The summed E-state index contributed by atoms with van der Waals surface area (Å²) in [5, 5.41) is 15.6. The van der Waals surface area contributed by atoms with E-state index in [0.29, 0.717) is 16.3 Å². The number of hydrogen-bond acceptors (Lipinski definition) is 8. The van der Waals surface area contributed by atoms with Crippen LogP contribution in [0, 0.1) is 18.3 Å². The molecule has 9 heteroatoms. The molecule has 0 aliphatic carbocycles. The zero-order valence-corrected chi connectivity index (χ0v) is 15.0. The van der Waals surface area contributed by atoms with Crippen molar-refractivity contribution >= 4 is 49.8 Å². The van der Waals surface area contributed by atoms with E-state index >= 15 is 0 Å². The maximum absolute atomic E-state index is 12.8. The lowest BCUT2D eigenvalue weighted by Gasteiger charge is -2.25. The fourth-order valence-corrected chi connectivity index (χ4v) is 4.56. The number of nitrogens with one attached hydrogen (secondary N) is 1. The number of fused-ring (bicyclic) bond motifs is 1. The maximum Gasteiger partial charge on any atom is 0.247 e. The van der Waals surface area contributed by atoms with Crippen molar-refractivity contribution in [3.05, 3.63) is 29.0 Å². The smallest absolute Gasteiger partial charge is 0.247 e. The molecule has 4 heterocycles. The third-order valence-electron chi connectivity index (χ3n) is 4.28. The summed E-state index contributed by atoms with van der Waals surface area (Å²) in [5.41, 5.74) is 1.08. The number of nitrogens with zero attached hydrogens (tertiary/aromatic N) is 5. The molecule has 0 saturated carbocycles. The molecule has 7 nitrogen and oxygen atoms in total. The number of thiophene rings is 1. The molecule has 1 N–H and O–H groups in total. The number of anilines is 2. The van der Waals surface area contributed by atoms with Crippen LogP contribution in [0.2, 0.25) is 0 Å². The molecule has 25 heavy (non-hydrogen) atoms. The summed E-state index contributed by atoms with van der Waals surface area (Å²) in [7, 11) is 0. The van der Waals surface area contributed by atoms with Gasteiger partial charge in [0, 0.05) is 6.54 Å². The van der Waals surface area contributed by atoms with Crippen LogP contribution in [0.1, 0.15) is 24.1 Å². The van der Waals surface area contributed by atoms with Gasteiger partial charge >= 0.3 is 0 Å². The van der Waals surface area contributed by atoms with Crippen molar-refractivity contribution < 1.29 is 4.79 Å². The number of hydrogen-bond donors (Lipinski definition) is 1. The van der Waals surface area contributed by atoms with Crippen LogP contribution >= 0.6 is 22.9 Å². The molecule has 1 fully saturated rings. The van der Waals surface area contributed by atoms with Crippen molar-refractivity contribution in [2.24, 2.45) is 0 Å². The normalized spacial score (nSPS) is 17.0. The van der Waals surface area contributed by atoms with Crippen molar-refractivity contribution in [2.75, 3.05) is 16.8 Å². The van der Waals surface area contributed by atoms with Crippen LogP contribution in [0.3, 0.4) is 0 Å². The molecule has 1 saturated heterocycles. The van der Waals surface area contributed by atoms with E-state index in [2.05, 4.69) is 25.7 Å². The summed E-state index contributed by atoms with van der Waals surface area (Å²) >= 11 is 2.70. The molecular formula is C16H14N6OS2. The summed E-state index contributed by atoms with van der Waals surface area (Å²) < 4.78 is 4.15. The van der Waals surface area contributed by atoms with Crippen molar-refractivity contribution in [1.29, 1.82) is 5.26 Å². The van der Waals surface area contributed by atoms with E-state index in [1.165, 1.54) is 0 Å². The molecule has 126 valence electrons. The fraction of sp³-hybridized carbons (Fsp3) is 0.312. The van der Waals surface area contributed by atoms with Gasteiger partial charge in [-0.25, -0.2) is 9.97 Å². The minimum atomic E-state index is -0.313. The Morgan fingerprint density at radius 2 is 2.36 bits per heavy atom. The van der Waals surface area contributed by atoms with Gasteiger partial charge in [-0.1, -0.05) is 0 Å². The van der Waals surface area contributed by atoms with Gasteiger partial charge in [-0.3, -0.25) is 4.79 Å². The van der Waals surface area contributed by atoms with Crippen LogP contribution in [0.4, 0.5) is 10.8 Å². The van der Waals surface area contributed by atoms with E-state index in [-0.39, 0.29) is 11.9 Å². The van der Waals surface area contributed by atoms with E-state index in [4.69, 9.17) is 0 Å². The minimum Gasteiger partial charge on any atom is -0.344 e. The summed E-state index contributed by atoms with van der Waals surface area (Å²) in [6.07, 6.45) is 3.21. The van der Waals surface area contributed by atoms with Gasteiger partial charge in [0.25, 0.3) is 0 Å². The van der Waals surface area contributed by atoms with E-state index in [1.54, 1.807) is 24.6 Å². The Labute approximate surface area is 152 Å². The second kappa shape index (κ2) is 6.38. The van der Waals surface area contributed by atoms with Gasteiger partial charge < -0.3 is 10.2 Å². The lowest BCUT2D eigenvalue weighted by atomic mass is 10.2. The van der Waals surface area contributed by atoms with Crippen molar-refractivity contribution in [1.82, 2.24) is 14.3 Å². The summed E-state index contributed by atoms with van der Waals surface area (Å²) in [5.74, 6) is 0.671. The topological polar surface area (TPSA) is 94.8 Å². The Bertz CT molecular complexity index is 988. The van der Waals surface area contributed by atoms with Crippen molar-refractivity contribution in [2.45, 2.75) is 25.8 Å². The molecule has 0 bridgehead atoms. The predicted octanol–water partition coefficient (Wildman–Crippen LogP) is 2.94. The fourth-order valence-electron chi connectivity index (χ4n) is 3.08. The predicted molar refractivity (Wildman–Crippen MR) is 98.0 cm³/mol.